The predicted octanol–water partition coefficient (Wildman–Crippen LogP) is 3.09. The lowest BCUT2D eigenvalue weighted by molar-refractivity contribution is -0.0827. The zero-order chi connectivity index (χ0) is 16.9. The van der Waals surface area contributed by atoms with E-state index in [4.69, 9.17) is 4.74 Å². The molecule has 0 fully saturated rings. The van der Waals surface area contributed by atoms with E-state index in [0.717, 1.165) is 5.56 Å². The highest BCUT2D eigenvalue weighted by atomic mass is 32.2. The number of benzene rings is 1. The van der Waals surface area contributed by atoms with Crippen LogP contribution in [0.4, 0.5) is 22.0 Å². The molecule has 0 aliphatic rings. The van der Waals surface area contributed by atoms with Gasteiger partial charge in [0.25, 0.3) is 5.92 Å². The number of ether oxygens (including phenoxy) is 1. The molecule has 1 rings (SSSR count). The van der Waals surface area contributed by atoms with Crippen LogP contribution in [-0.2, 0) is 25.6 Å². The summed E-state index contributed by atoms with van der Waals surface area (Å²) in [5.74, 6) is -3.75. The molecule has 0 atom stereocenters. The van der Waals surface area contributed by atoms with Crippen LogP contribution < -0.4 is 0 Å². The lowest BCUT2D eigenvalue weighted by Gasteiger charge is -2.17. The van der Waals surface area contributed by atoms with Crippen molar-refractivity contribution in [2.75, 3.05) is 13.2 Å². The predicted molar refractivity (Wildman–Crippen MR) is 66.6 cm³/mol. The van der Waals surface area contributed by atoms with Crippen molar-refractivity contribution in [1.29, 1.82) is 0 Å². The first kappa shape index (κ1) is 18.8. The molecule has 0 unspecified atom stereocenters. The third-order valence-corrected chi connectivity index (χ3v) is 3.43. The smallest absolute Gasteiger partial charge is 0.377 e. The van der Waals surface area contributed by atoms with E-state index in [1.54, 1.807) is 30.3 Å². The van der Waals surface area contributed by atoms with E-state index in [1.165, 1.54) is 0 Å². The molecule has 0 amide bonds. The lowest BCUT2D eigenvalue weighted by atomic mass is 10.2. The largest absolute Gasteiger partial charge is 0.523 e. The van der Waals surface area contributed by atoms with E-state index in [2.05, 4.69) is 4.18 Å². The summed E-state index contributed by atoms with van der Waals surface area (Å²) in [7, 11) is -6.03. The van der Waals surface area contributed by atoms with Gasteiger partial charge in [-0.1, -0.05) is 30.3 Å². The number of hydrogen-bond acceptors (Lipinski definition) is 4. The molecule has 22 heavy (non-hydrogen) atoms. The number of hydrogen-bond donors (Lipinski definition) is 0. The molecule has 0 aliphatic carbocycles. The van der Waals surface area contributed by atoms with Crippen molar-refractivity contribution in [1.82, 2.24) is 0 Å². The molecule has 10 heteroatoms. The van der Waals surface area contributed by atoms with Gasteiger partial charge in [-0.05, 0) is 5.56 Å². The maximum absolute atomic E-state index is 13.2. The standard InChI is InChI=1S/C12H13F5O4S/c13-11(14,9-21-22(18,19)12(15,16)17)6-7-20-8-10-4-2-1-3-5-10/h1-5H,6-9H2. The highest BCUT2D eigenvalue weighted by Crippen LogP contribution is 2.27. The molecule has 0 aromatic heterocycles. The van der Waals surface area contributed by atoms with Gasteiger partial charge in [0.2, 0.25) is 0 Å². The Morgan fingerprint density at radius 3 is 2.14 bits per heavy atom. The Hall–Kier alpha value is -1.26. The topological polar surface area (TPSA) is 52.6 Å². The fourth-order valence-electron chi connectivity index (χ4n) is 1.29. The summed E-state index contributed by atoms with van der Waals surface area (Å²) in [6.45, 7) is -2.29. The summed E-state index contributed by atoms with van der Waals surface area (Å²) in [4.78, 5) is 0. The Labute approximate surface area is 124 Å². The van der Waals surface area contributed by atoms with Crippen LogP contribution in [0.2, 0.25) is 0 Å². The second-order valence-corrected chi connectivity index (χ2v) is 5.91. The molecule has 0 radical (unpaired) electrons. The molecule has 1 aromatic rings. The van der Waals surface area contributed by atoms with E-state index in [0.29, 0.717) is 0 Å². The Morgan fingerprint density at radius 2 is 1.59 bits per heavy atom. The summed E-state index contributed by atoms with van der Waals surface area (Å²) < 4.78 is 91.5. The average Bonchev–Trinajstić information content (AvgIpc) is 2.42. The van der Waals surface area contributed by atoms with Gasteiger partial charge < -0.3 is 4.74 Å². The summed E-state index contributed by atoms with van der Waals surface area (Å²) in [5, 5.41) is 0. The molecule has 0 saturated carbocycles. The van der Waals surface area contributed by atoms with Gasteiger partial charge in [0.15, 0.2) is 0 Å². The van der Waals surface area contributed by atoms with Crippen molar-refractivity contribution in [3.63, 3.8) is 0 Å². The molecular formula is C12H13F5O4S. The van der Waals surface area contributed by atoms with Crippen molar-refractivity contribution >= 4 is 10.1 Å². The van der Waals surface area contributed by atoms with Gasteiger partial charge in [0, 0.05) is 6.42 Å². The van der Waals surface area contributed by atoms with Gasteiger partial charge in [-0.25, -0.2) is 8.78 Å². The van der Waals surface area contributed by atoms with Crippen molar-refractivity contribution in [2.45, 2.75) is 24.5 Å². The van der Waals surface area contributed by atoms with Gasteiger partial charge in [-0.2, -0.15) is 21.6 Å². The molecule has 126 valence electrons. The summed E-state index contributed by atoms with van der Waals surface area (Å²) >= 11 is 0. The van der Waals surface area contributed by atoms with Gasteiger partial charge in [-0.15, -0.1) is 0 Å². The quantitative estimate of drug-likeness (QED) is 0.314. The molecule has 1 aromatic carbocycles. The van der Waals surface area contributed by atoms with Crippen LogP contribution in [-0.4, -0.2) is 33.1 Å². The molecule has 0 bridgehead atoms. The maximum atomic E-state index is 13.2. The lowest BCUT2D eigenvalue weighted by Crippen LogP contribution is -2.32. The molecule has 0 heterocycles. The third kappa shape index (κ3) is 6.24. The maximum Gasteiger partial charge on any atom is 0.523 e. The minimum Gasteiger partial charge on any atom is -0.377 e. The van der Waals surface area contributed by atoms with Crippen molar-refractivity contribution in [2.24, 2.45) is 0 Å². The minimum absolute atomic E-state index is 0.0542. The Balaban J connectivity index is 2.35. The monoisotopic (exact) mass is 348 g/mol. The summed E-state index contributed by atoms with van der Waals surface area (Å²) in [5.41, 5.74) is -4.99. The summed E-state index contributed by atoms with van der Waals surface area (Å²) in [6, 6.07) is 8.62. The van der Waals surface area contributed by atoms with Crippen LogP contribution in [0.15, 0.2) is 30.3 Å². The van der Waals surface area contributed by atoms with Crippen LogP contribution in [0, 0.1) is 0 Å². The van der Waals surface area contributed by atoms with Crippen LogP contribution in [0.25, 0.3) is 0 Å². The normalized spacial score (nSPS) is 13.3. The van der Waals surface area contributed by atoms with E-state index in [1.807, 2.05) is 0 Å². The first-order valence-electron chi connectivity index (χ1n) is 5.99. The third-order valence-electron chi connectivity index (χ3n) is 2.43. The van der Waals surface area contributed by atoms with Gasteiger partial charge >= 0.3 is 15.6 Å². The Kier molecular flexibility index (Phi) is 6.27. The molecule has 4 nitrogen and oxygen atoms in total. The minimum atomic E-state index is -6.03. The number of alkyl halides is 5. The molecule has 0 N–H and O–H groups in total. The second kappa shape index (κ2) is 7.34. The first-order valence-corrected chi connectivity index (χ1v) is 7.39. The fraction of sp³-hybridized carbons (Fsp3) is 0.500. The summed E-state index contributed by atoms with van der Waals surface area (Å²) in [6.07, 6.45) is -0.965. The second-order valence-electron chi connectivity index (χ2n) is 4.31. The van der Waals surface area contributed by atoms with Crippen LogP contribution in [0.5, 0.6) is 0 Å². The van der Waals surface area contributed by atoms with Crippen LogP contribution >= 0.6 is 0 Å². The van der Waals surface area contributed by atoms with Crippen molar-refractivity contribution in [3.8, 4) is 0 Å². The van der Waals surface area contributed by atoms with Crippen molar-refractivity contribution in [3.05, 3.63) is 35.9 Å². The van der Waals surface area contributed by atoms with Gasteiger partial charge in [0.1, 0.15) is 6.61 Å². The SMILES string of the molecule is O=S(=O)(OCC(F)(F)CCOCc1ccccc1)C(F)(F)F. The van der Waals surface area contributed by atoms with E-state index in [9.17, 15) is 30.4 Å². The fourth-order valence-corrected chi connectivity index (χ4v) is 1.75. The van der Waals surface area contributed by atoms with Crippen LogP contribution in [0.3, 0.4) is 0 Å². The zero-order valence-electron chi connectivity index (χ0n) is 11.1. The van der Waals surface area contributed by atoms with Gasteiger partial charge in [0.05, 0.1) is 13.2 Å². The zero-order valence-corrected chi connectivity index (χ0v) is 12.0. The average molecular weight is 348 g/mol. The Morgan fingerprint density at radius 1 is 1.00 bits per heavy atom. The van der Waals surface area contributed by atoms with Crippen LogP contribution in [0.1, 0.15) is 12.0 Å². The number of halogens is 5. The Bertz CT molecular complexity index is 557. The highest BCUT2D eigenvalue weighted by molar-refractivity contribution is 7.87. The molecular weight excluding hydrogens is 335 g/mol. The first-order chi connectivity index (χ1) is 10.0. The van der Waals surface area contributed by atoms with E-state index < -0.39 is 41.2 Å². The number of rotatable bonds is 8. The molecule has 0 saturated heterocycles. The van der Waals surface area contributed by atoms with Crippen molar-refractivity contribution < 1.29 is 39.3 Å². The van der Waals surface area contributed by atoms with E-state index >= 15 is 0 Å². The van der Waals surface area contributed by atoms with E-state index in [-0.39, 0.29) is 6.61 Å². The molecule has 0 aliphatic heterocycles. The van der Waals surface area contributed by atoms with Gasteiger partial charge in [-0.3, -0.25) is 4.18 Å². The highest BCUT2D eigenvalue weighted by Gasteiger charge is 2.48. The molecule has 0 spiro atoms.